The van der Waals surface area contributed by atoms with E-state index in [0.717, 1.165) is 12.1 Å². The highest BCUT2D eigenvalue weighted by Crippen LogP contribution is 2.17. The number of nitrogens with one attached hydrogen (secondary N) is 1. The number of hydrogen-bond donors (Lipinski definition) is 2. The quantitative estimate of drug-likeness (QED) is 0.797. The Morgan fingerprint density at radius 2 is 2.06 bits per heavy atom. The van der Waals surface area contributed by atoms with Gasteiger partial charge >= 0.3 is 5.97 Å². The van der Waals surface area contributed by atoms with Gasteiger partial charge in [0, 0.05) is 6.07 Å². The van der Waals surface area contributed by atoms with E-state index >= 15 is 0 Å². The molecule has 0 aromatic heterocycles. The van der Waals surface area contributed by atoms with Crippen LogP contribution < -0.4 is 10.1 Å². The van der Waals surface area contributed by atoms with Crippen molar-refractivity contribution < 1.29 is 28.2 Å². The molecular formula is C11H11F2NO4. The standard InChI is InChI=1S/C11H11F2NO4/c12-7-1-2-9(8(13)5-7)18-4-3-10(15)14-6-11(16)17/h1-2,5H,3-4,6H2,(H,14,15)(H,16,17). The zero-order valence-corrected chi connectivity index (χ0v) is 9.28. The molecule has 1 rings (SSSR count). The molecule has 0 aliphatic carbocycles. The highest BCUT2D eigenvalue weighted by Gasteiger charge is 2.07. The normalized spacial score (nSPS) is 9.89. The van der Waals surface area contributed by atoms with Gasteiger partial charge in [-0.1, -0.05) is 0 Å². The van der Waals surface area contributed by atoms with Gasteiger partial charge < -0.3 is 15.2 Å². The molecule has 0 spiro atoms. The van der Waals surface area contributed by atoms with Crippen LogP contribution in [0.3, 0.4) is 0 Å². The van der Waals surface area contributed by atoms with Crippen molar-refractivity contribution in [3.05, 3.63) is 29.8 Å². The first kappa shape index (κ1) is 13.9. The maximum absolute atomic E-state index is 13.1. The Balaban J connectivity index is 2.33. The van der Waals surface area contributed by atoms with E-state index in [9.17, 15) is 18.4 Å². The summed E-state index contributed by atoms with van der Waals surface area (Å²) in [5.74, 6) is -3.43. The van der Waals surface area contributed by atoms with Gasteiger partial charge in [-0.3, -0.25) is 9.59 Å². The van der Waals surface area contributed by atoms with Crippen molar-refractivity contribution in [1.82, 2.24) is 5.32 Å². The summed E-state index contributed by atoms with van der Waals surface area (Å²) < 4.78 is 30.6. The van der Waals surface area contributed by atoms with E-state index in [2.05, 4.69) is 5.32 Å². The Labute approximate surface area is 101 Å². The van der Waals surface area contributed by atoms with E-state index in [-0.39, 0.29) is 18.8 Å². The average Bonchev–Trinajstić information content (AvgIpc) is 2.29. The van der Waals surface area contributed by atoms with Gasteiger partial charge in [-0.15, -0.1) is 0 Å². The van der Waals surface area contributed by atoms with Gasteiger partial charge in [-0.25, -0.2) is 8.78 Å². The Morgan fingerprint density at radius 1 is 1.33 bits per heavy atom. The van der Waals surface area contributed by atoms with Gasteiger partial charge in [0.25, 0.3) is 0 Å². The van der Waals surface area contributed by atoms with Crippen molar-refractivity contribution in [1.29, 1.82) is 0 Å². The second-order valence-electron chi connectivity index (χ2n) is 3.34. The minimum absolute atomic E-state index is 0.121. The summed E-state index contributed by atoms with van der Waals surface area (Å²) in [4.78, 5) is 21.2. The third-order valence-electron chi connectivity index (χ3n) is 1.92. The minimum atomic E-state index is -1.16. The zero-order chi connectivity index (χ0) is 13.5. The molecule has 0 bridgehead atoms. The van der Waals surface area contributed by atoms with Crippen molar-refractivity contribution in [3.8, 4) is 5.75 Å². The van der Waals surface area contributed by atoms with E-state index < -0.39 is 30.1 Å². The number of carboxylic acids is 1. The van der Waals surface area contributed by atoms with Crippen molar-refractivity contribution in [2.75, 3.05) is 13.2 Å². The van der Waals surface area contributed by atoms with Crippen molar-refractivity contribution in [2.24, 2.45) is 0 Å². The van der Waals surface area contributed by atoms with Gasteiger partial charge in [-0.05, 0) is 12.1 Å². The minimum Gasteiger partial charge on any atom is -0.490 e. The van der Waals surface area contributed by atoms with E-state index in [4.69, 9.17) is 9.84 Å². The summed E-state index contributed by atoms with van der Waals surface area (Å²) in [6, 6.07) is 2.81. The molecule has 1 aromatic carbocycles. The number of carbonyl (C=O) groups is 2. The van der Waals surface area contributed by atoms with E-state index in [1.165, 1.54) is 0 Å². The lowest BCUT2D eigenvalue weighted by Gasteiger charge is -2.07. The summed E-state index contributed by atoms with van der Waals surface area (Å²) in [5, 5.41) is 10.4. The highest BCUT2D eigenvalue weighted by molar-refractivity contribution is 5.81. The molecule has 0 saturated heterocycles. The Bertz CT molecular complexity index is 451. The second-order valence-corrected chi connectivity index (χ2v) is 3.34. The van der Waals surface area contributed by atoms with Crippen LogP contribution in [-0.4, -0.2) is 30.1 Å². The Kier molecular flexibility index (Phi) is 5.04. The van der Waals surface area contributed by atoms with Crippen LogP contribution >= 0.6 is 0 Å². The van der Waals surface area contributed by atoms with Gasteiger partial charge in [0.1, 0.15) is 12.4 Å². The van der Waals surface area contributed by atoms with E-state index in [1.54, 1.807) is 0 Å². The van der Waals surface area contributed by atoms with Crippen molar-refractivity contribution in [2.45, 2.75) is 6.42 Å². The lowest BCUT2D eigenvalue weighted by Crippen LogP contribution is -2.30. The smallest absolute Gasteiger partial charge is 0.322 e. The van der Waals surface area contributed by atoms with Gasteiger partial charge in [-0.2, -0.15) is 0 Å². The number of aliphatic carboxylic acids is 1. The molecule has 0 fully saturated rings. The van der Waals surface area contributed by atoms with Crippen LogP contribution in [0.4, 0.5) is 8.78 Å². The summed E-state index contributed by atoms with van der Waals surface area (Å²) in [7, 11) is 0. The molecule has 18 heavy (non-hydrogen) atoms. The third kappa shape index (κ3) is 4.77. The third-order valence-corrected chi connectivity index (χ3v) is 1.92. The van der Waals surface area contributed by atoms with E-state index in [0.29, 0.717) is 6.07 Å². The fourth-order valence-electron chi connectivity index (χ4n) is 1.11. The molecule has 0 radical (unpaired) electrons. The topological polar surface area (TPSA) is 75.6 Å². The van der Waals surface area contributed by atoms with Crippen LogP contribution in [0.25, 0.3) is 0 Å². The van der Waals surface area contributed by atoms with Crippen molar-refractivity contribution >= 4 is 11.9 Å². The van der Waals surface area contributed by atoms with Crippen LogP contribution in [0.5, 0.6) is 5.75 Å². The molecule has 0 unspecified atom stereocenters. The number of amides is 1. The number of benzene rings is 1. The largest absolute Gasteiger partial charge is 0.490 e. The van der Waals surface area contributed by atoms with Gasteiger partial charge in [0.2, 0.25) is 5.91 Å². The van der Waals surface area contributed by atoms with Crippen LogP contribution in [0.1, 0.15) is 6.42 Å². The van der Waals surface area contributed by atoms with Crippen LogP contribution in [-0.2, 0) is 9.59 Å². The molecule has 0 aliphatic rings. The summed E-state index contributed by atoms with van der Waals surface area (Å²) in [6.45, 7) is -0.613. The van der Waals surface area contributed by atoms with Crippen molar-refractivity contribution in [3.63, 3.8) is 0 Å². The van der Waals surface area contributed by atoms with Crippen LogP contribution in [0, 0.1) is 11.6 Å². The number of carbonyl (C=O) groups excluding carboxylic acids is 1. The number of rotatable bonds is 6. The molecule has 1 amide bonds. The molecule has 0 heterocycles. The summed E-state index contributed by atoms with van der Waals surface area (Å²) in [5.41, 5.74) is 0. The predicted octanol–water partition coefficient (Wildman–Crippen LogP) is 0.934. The van der Waals surface area contributed by atoms with Gasteiger partial charge in [0.15, 0.2) is 11.6 Å². The predicted molar refractivity (Wildman–Crippen MR) is 57.1 cm³/mol. The average molecular weight is 259 g/mol. The number of hydrogen-bond acceptors (Lipinski definition) is 3. The fourth-order valence-corrected chi connectivity index (χ4v) is 1.11. The molecule has 0 atom stereocenters. The lowest BCUT2D eigenvalue weighted by atomic mass is 10.3. The van der Waals surface area contributed by atoms with Crippen LogP contribution in [0.15, 0.2) is 18.2 Å². The number of halogens is 2. The molecular weight excluding hydrogens is 248 g/mol. The SMILES string of the molecule is O=C(O)CNC(=O)CCOc1ccc(F)cc1F. The summed E-state index contributed by atoms with van der Waals surface area (Å²) in [6.07, 6.45) is -0.121. The van der Waals surface area contributed by atoms with Crippen LogP contribution in [0.2, 0.25) is 0 Å². The second kappa shape index (κ2) is 6.53. The molecule has 5 nitrogen and oxygen atoms in total. The zero-order valence-electron chi connectivity index (χ0n) is 9.28. The molecule has 0 saturated carbocycles. The fraction of sp³-hybridized carbons (Fsp3) is 0.273. The number of ether oxygens (including phenoxy) is 1. The van der Waals surface area contributed by atoms with E-state index in [1.807, 2.05) is 0 Å². The first-order chi connectivity index (χ1) is 8.49. The van der Waals surface area contributed by atoms with Gasteiger partial charge in [0.05, 0.1) is 13.0 Å². The summed E-state index contributed by atoms with van der Waals surface area (Å²) >= 11 is 0. The molecule has 0 aliphatic heterocycles. The highest BCUT2D eigenvalue weighted by atomic mass is 19.1. The number of carboxylic acid groups (broad SMARTS) is 1. The monoisotopic (exact) mass is 259 g/mol. The molecule has 2 N–H and O–H groups in total. The Hall–Kier alpha value is -2.18. The first-order valence-electron chi connectivity index (χ1n) is 5.05. The maximum atomic E-state index is 13.1. The maximum Gasteiger partial charge on any atom is 0.322 e. The first-order valence-corrected chi connectivity index (χ1v) is 5.05. The Morgan fingerprint density at radius 3 is 2.67 bits per heavy atom. The molecule has 7 heteroatoms. The molecule has 1 aromatic rings. The lowest BCUT2D eigenvalue weighted by molar-refractivity contribution is -0.138. The molecule has 98 valence electrons.